The fourth-order valence-corrected chi connectivity index (χ4v) is 3.63. The molecule has 136 valence electrons. The predicted molar refractivity (Wildman–Crippen MR) is 105 cm³/mol. The van der Waals surface area contributed by atoms with E-state index in [-0.39, 0.29) is 17.9 Å². The second kappa shape index (κ2) is 7.92. The SMILES string of the molecule is CCCCSc1nc(N)c2[nH]c(=O)c(=O)n(Cc3cccc(Cl)c3)c2n1. The molecule has 0 aliphatic heterocycles. The Bertz CT molecular complexity index is 1060. The molecule has 9 heteroatoms. The number of unbranched alkanes of at least 4 members (excludes halogenated alkanes) is 1. The summed E-state index contributed by atoms with van der Waals surface area (Å²) in [4.78, 5) is 35.6. The fourth-order valence-electron chi connectivity index (χ4n) is 2.48. The van der Waals surface area contributed by atoms with Crippen LogP contribution in [0.3, 0.4) is 0 Å². The van der Waals surface area contributed by atoms with Crippen molar-refractivity contribution in [3.63, 3.8) is 0 Å². The molecule has 3 N–H and O–H groups in total. The van der Waals surface area contributed by atoms with E-state index in [1.807, 2.05) is 6.07 Å². The van der Waals surface area contributed by atoms with Crippen molar-refractivity contribution in [1.82, 2.24) is 19.5 Å². The van der Waals surface area contributed by atoms with Crippen molar-refractivity contribution in [2.75, 3.05) is 11.5 Å². The molecule has 3 aromatic rings. The first kappa shape index (κ1) is 18.5. The zero-order valence-electron chi connectivity index (χ0n) is 14.2. The number of hydrogen-bond acceptors (Lipinski definition) is 6. The summed E-state index contributed by atoms with van der Waals surface area (Å²) >= 11 is 7.49. The van der Waals surface area contributed by atoms with Crippen molar-refractivity contribution in [3.05, 3.63) is 55.6 Å². The minimum absolute atomic E-state index is 0.144. The van der Waals surface area contributed by atoms with Crippen LogP contribution in [0.2, 0.25) is 5.02 Å². The number of rotatable bonds is 6. The molecule has 0 amide bonds. The molecule has 0 aliphatic rings. The molecular weight excluding hydrogens is 374 g/mol. The Kier molecular flexibility index (Phi) is 5.63. The number of nitrogens with zero attached hydrogens (tertiary/aromatic N) is 3. The van der Waals surface area contributed by atoms with Gasteiger partial charge >= 0.3 is 11.1 Å². The maximum atomic E-state index is 12.4. The molecule has 0 atom stereocenters. The van der Waals surface area contributed by atoms with Gasteiger partial charge in [0.25, 0.3) is 0 Å². The van der Waals surface area contributed by atoms with Gasteiger partial charge in [-0.2, -0.15) is 0 Å². The summed E-state index contributed by atoms with van der Waals surface area (Å²) in [6, 6.07) is 7.09. The van der Waals surface area contributed by atoms with Gasteiger partial charge in [-0.25, -0.2) is 9.97 Å². The average Bonchev–Trinajstić information content (AvgIpc) is 2.60. The third-order valence-electron chi connectivity index (χ3n) is 3.79. The summed E-state index contributed by atoms with van der Waals surface area (Å²) in [5, 5.41) is 1.03. The lowest BCUT2D eigenvalue weighted by atomic mass is 10.2. The zero-order chi connectivity index (χ0) is 18.7. The Balaban J connectivity index is 2.14. The van der Waals surface area contributed by atoms with Crippen LogP contribution in [-0.2, 0) is 6.54 Å². The van der Waals surface area contributed by atoms with Crippen molar-refractivity contribution in [2.45, 2.75) is 31.5 Å². The van der Waals surface area contributed by atoms with E-state index in [1.54, 1.807) is 18.2 Å². The topological polar surface area (TPSA) is 107 Å². The number of nitrogens with one attached hydrogen (secondary N) is 1. The minimum atomic E-state index is -0.763. The highest BCUT2D eigenvalue weighted by Crippen LogP contribution is 2.21. The maximum Gasteiger partial charge on any atom is 0.318 e. The van der Waals surface area contributed by atoms with Gasteiger partial charge in [0.1, 0.15) is 5.52 Å². The summed E-state index contributed by atoms with van der Waals surface area (Å²) < 4.78 is 1.31. The second-order valence-electron chi connectivity index (χ2n) is 5.77. The number of benzene rings is 1. The summed E-state index contributed by atoms with van der Waals surface area (Å²) in [7, 11) is 0. The zero-order valence-corrected chi connectivity index (χ0v) is 15.7. The van der Waals surface area contributed by atoms with Crippen LogP contribution >= 0.6 is 23.4 Å². The van der Waals surface area contributed by atoms with Crippen LogP contribution in [0.1, 0.15) is 25.3 Å². The third kappa shape index (κ3) is 3.91. The van der Waals surface area contributed by atoms with Gasteiger partial charge in [-0.05, 0) is 24.1 Å². The Hall–Kier alpha value is -2.32. The Labute approximate surface area is 158 Å². The lowest BCUT2D eigenvalue weighted by molar-refractivity contribution is 0.754. The summed E-state index contributed by atoms with van der Waals surface area (Å²) in [6.45, 7) is 2.26. The Morgan fingerprint density at radius 1 is 1.31 bits per heavy atom. The first-order valence-corrected chi connectivity index (χ1v) is 9.53. The van der Waals surface area contributed by atoms with Crippen molar-refractivity contribution < 1.29 is 0 Å². The molecule has 0 unspecified atom stereocenters. The van der Waals surface area contributed by atoms with Crippen molar-refractivity contribution in [1.29, 1.82) is 0 Å². The monoisotopic (exact) mass is 391 g/mol. The standard InChI is InChI=1S/C17H18ClN5O2S/c1-2-3-7-26-17-21-13(19)12-14(22-17)23(16(25)15(24)20-12)9-10-5-4-6-11(18)8-10/h4-6,8H,2-3,7,9H2,1H3,(H,20,24)(H2,19,21,22). The second-order valence-corrected chi connectivity index (χ2v) is 7.27. The van der Waals surface area contributed by atoms with E-state index in [2.05, 4.69) is 21.9 Å². The van der Waals surface area contributed by atoms with Crippen molar-refractivity contribution in [3.8, 4) is 0 Å². The number of fused-ring (bicyclic) bond motifs is 1. The van der Waals surface area contributed by atoms with Gasteiger partial charge in [0.05, 0.1) is 6.54 Å². The molecule has 0 spiro atoms. The quantitative estimate of drug-likeness (QED) is 0.289. The number of anilines is 1. The number of nitrogens with two attached hydrogens (primary N) is 1. The molecular formula is C17H18ClN5O2S. The molecule has 0 aliphatic carbocycles. The molecule has 0 fully saturated rings. The summed E-state index contributed by atoms with van der Waals surface area (Å²) in [5.74, 6) is 0.995. The van der Waals surface area contributed by atoms with Crippen LogP contribution in [0.25, 0.3) is 11.2 Å². The van der Waals surface area contributed by atoms with Crippen LogP contribution in [0.4, 0.5) is 5.82 Å². The number of thioether (sulfide) groups is 1. The van der Waals surface area contributed by atoms with E-state index in [4.69, 9.17) is 17.3 Å². The number of H-pyrrole nitrogens is 1. The maximum absolute atomic E-state index is 12.4. The smallest absolute Gasteiger partial charge is 0.318 e. The number of aromatic amines is 1. The van der Waals surface area contributed by atoms with E-state index in [0.29, 0.717) is 15.8 Å². The molecule has 2 aromatic heterocycles. The highest BCUT2D eigenvalue weighted by Gasteiger charge is 2.14. The average molecular weight is 392 g/mol. The van der Waals surface area contributed by atoms with Crippen molar-refractivity contribution >= 4 is 40.3 Å². The fraction of sp³-hybridized carbons (Fsp3) is 0.294. The van der Waals surface area contributed by atoms with Gasteiger partial charge in [-0.1, -0.05) is 48.8 Å². The highest BCUT2D eigenvalue weighted by atomic mass is 35.5. The summed E-state index contributed by atoms with van der Waals surface area (Å²) in [6.07, 6.45) is 2.08. The van der Waals surface area contributed by atoms with Crippen LogP contribution in [0.5, 0.6) is 0 Å². The van der Waals surface area contributed by atoms with E-state index in [0.717, 1.165) is 24.2 Å². The number of halogens is 1. The van der Waals surface area contributed by atoms with Crippen LogP contribution in [0, 0.1) is 0 Å². The summed E-state index contributed by atoms with van der Waals surface area (Å²) in [5.41, 5.74) is 5.89. The first-order valence-electron chi connectivity index (χ1n) is 8.17. The third-order valence-corrected chi connectivity index (χ3v) is 4.96. The molecule has 0 bridgehead atoms. The van der Waals surface area contributed by atoms with Gasteiger partial charge in [-0.3, -0.25) is 14.2 Å². The van der Waals surface area contributed by atoms with Crippen LogP contribution < -0.4 is 16.9 Å². The predicted octanol–water partition coefficient (Wildman–Crippen LogP) is 2.66. The number of aromatic nitrogens is 4. The van der Waals surface area contributed by atoms with E-state index in [9.17, 15) is 9.59 Å². The lowest BCUT2D eigenvalue weighted by Crippen LogP contribution is -2.37. The van der Waals surface area contributed by atoms with Gasteiger partial charge < -0.3 is 10.7 Å². The number of hydrogen-bond donors (Lipinski definition) is 2. The van der Waals surface area contributed by atoms with Crippen molar-refractivity contribution in [2.24, 2.45) is 0 Å². The molecule has 7 nitrogen and oxygen atoms in total. The van der Waals surface area contributed by atoms with E-state index < -0.39 is 11.1 Å². The molecule has 3 rings (SSSR count). The molecule has 0 radical (unpaired) electrons. The lowest BCUT2D eigenvalue weighted by Gasteiger charge is -2.11. The van der Waals surface area contributed by atoms with Gasteiger partial charge in [0, 0.05) is 10.8 Å². The minimum Gasteiger partial charge on any atom is -0.382 e. The van der Waals surface area contributed by atoms with Gasteiger partial charge in [0.15, 0.2) is 16.6 Å². The van der Waals surface area contributed by atoms with E-state index >= 15 is 0 Å². The Morgan fingerprint density at radius 3 is 2.85 bits per heavy atom. The highest BCUT2D eigenvalue weighted by molar-refractivity contribution is 7.99. The van der Waals surface area contributed by atoms with Gasteiger partial charge in [0.2, 0.25) is 0 Å². The molecule has 0 saturated carbocycles. The largest absolute Gasteiger partial charge is 0.382 e. The van der Waals surface area contributed by atoms with E-state index in [1.165, 1.54) is 16.3 Å². The normalized spacial score (nSPS) is 11.2. The Morgan fingerprint density at radius 2 is 2.12 bits per heavy atom. The molecule has 1 aromatic carbocycles. The first-order chi connectivity index (χ1) is 12.5. The molecule has 2 heterocycles. The van der Waals surface area contributed by atoms with Crippen LogP contribution in [-0.4, -0.2) is 25.3 Å². The molecule has 0 saturated heterocycles. The van der Waals surface area contributed by atoms with Crippen LogP contribution in [0.15, 0.2) is 39.0 Å². The molecule has 26 heavy (non-hydrogen) atoms. The van der Waals surface area contributed by atoms with Gasteiger partial charge in [-0.15, -0.1) is 0 Å². The number of nitrogen functional groups attached to an aromatic ring is 1.